The highest BCUT2D eigenvalue weighted by atomic mass is 15.3. The molecule has 0 saturated heterocycles. The summed E-state index contributed by atoms with van der Waals surface area (Å²) < 4.78 is 1.81. The van der Waals surface area contributed by atoms with E-state index in [1.54, 1.807) is 0 Å². The summed E-state index contributed by atoms with van der Waals surface area (Å²) in [6, 6.07) is 3.92. The van der Waals surface area contributed by atoms with Crippen LogP contribution in [0.4, 0.5) is 5.95 Å². The van der Waals surface area contributed by atoms with Crippen LogP contribution in [0.1, 0.15) is 0 Å². The van der Waals surface area contributed by atoms with Crippen molar-refractivity contribution < 1.29 is 0 Å². The van der Waals surface area contributed by atoms with Gasteiger partial charge in [0.15, 0.2) is 0 Å². The molecule has 0 spiro atoms. The van der Waals surface area contributed by atoms with E-state index in [0.29, 0.717) is 0 Å². The number of hydrogen-bond acceptors (Lipinski definition) is 3. The van der Waals surface area contributed by atoms with E-state index in [9.17, 15) is 0 Å². The Hall–Kier alpha value is -1.58. The lowest BCUT2D eigenvalue weighted by molar-refractivity contribution is 0.864. The van der Waals surface area contributed by atoms with Gasteiger partial charge < -0.3 is 4.90 Å². The lowest BCUT2D eigenvalue weighted by Crippen LogP contribution is -2.13. The molecule has 2 aromatic rings. The zero-order chi connectivity index (χ0) is 8.55. The molecule has 12 heavy (non-hydrogen) atoms. The molecule has 62 valence electrons. The second-order valence-corrected chi connectivity index (χ2v) is 2.83. The van der Waals surface area contributed by atoms with Crippen LogP contribution in [0, 0.1) is 0 Å². The van der Waals surface area contributed by atoms with E-state index in [-0.39, 0.29) is 0 Å². The van der Waals surface area contributed by atoms with Crippen LogP contribution in [0.5, 0.6) is 0 Å². The van der Waals surface area contributed by atoms with Crippen LogP contribution in [-0.2, 0) is 0 Å². The van der Waals surface area contributed by atoms with Crippen LogP contribution < -0.4 is 4.90 Å². The number of aromatic nitrogens is 3. The maximum atomic E-state index is 4.27. The fourth-order valence-corrected chi connectivity index (χ4v) is 1.03. The van der Waals surface area contributed by atoms with Gasteiger partial charge in [0, 0.05) is 20.3 Å². The van der Waals surface area contributed by atoms with E-state index in [4.69, 9.17) is 0 Å². The van der Waals surface area contributed by atoms with Gasteiger partial charge in [0.1, 0.15) is 0 Å². The molecule has 0 aliphatic carbocycles. The third-order valence-corrected chi connectivity index (χ3v) is 1.67. The van der Waals surface area contributed by atoms with E-state index in [1.807, 2.05) is 48.0 Å². The van der Waals surface area contributed by atoms with Crippen molar-refractivity contribution in [2.24, 2.45) is 0 Å². The lowest BCUT2D eigenvalue weighted by Gasteiger charge is -2.08. The van der Waals surface area contributed by atoms with Crippen molar-refractivity contribution in [3.63, 3.8) is 0 Å². The Balaban J connectivity index is 2.60. The lowest BCUT2D eigenvalue weighted by atomic mass is 10.5. The van der Waals surface area contributed by atoms with Gasteiger partial charge in [-0.25, -0.2) is 9.50 Å². The zero-order valence-corrected chi connectivity index (χ0v) is 7.10. The molecule has 0 aliphatic heterocycles. The quantitative estimate of drug-likeness (QED) is 0.621. The van der Waals surface area contributed by atoms with Crippen molar-refractivity contribution in [1.29, 1.82) is 0 Å². The molecule has 0 bridgehead atoms. The summed E-state index contributed by atoms with van der Waals surface area (Å²) in [5.41, 5.74) is 1.01. The predicted octanol–water partition coefficient (Wildman–Crippen LogP) is 0.795. The van der Waals surface area contributed by atoms with E-state index < -0.39 is 0 Å². The van der Waals surface area contributed by atoms with Gasteiger partial charge in [0.25, 0.3) is 0 Å². The zero-order valence-electron chi connectivity index (χ0n) is 7.10. The fourth-order valence-electron chi connectivity index (χ4n) is 1.03. The standard InChI is InChI=1S/C8H10N4/c1-11(2)8-9-6-7-4-3-5-12(7)10-8/h3-6H,1-2H3. The van der Waals surface area contributed by atoms with Gasteiger partial charge in [-0.05, 0) is 12.1 Å². The predicted molar refractivity (Wildman–Crippen MR) is 47.3 cm³/mol. The van der Waals surface area contributed by atoms with Gasteiger partial charge in [-0.2, -0.15) is 0 Å². The normalized spacial score (nSPS) is 10.5. The first kappa shape index (κ1) is 7.09. The number of hydrogen-bond donors (Lipinski definition) is 0. The summed E-state index contributed by atoms with van der Waals surface area (Å²) in [6.45, 7) is 0. The van der Waals surface area contributed by atoms with Crippen molar-refractivity contribution in [1.82, 2.24) is 14.6 Å². The van der Waals surface area contributed by atoms with Crippen LogP contribution in [0.2, 0.25) is 0 Å². The highest BCUT2D eigenvalue weighted by Gasteiger charge is 1.99. The Morgan fingerprint density at radius 3 is 3.00 bits per heavy atom. The first-order valence-electron chi connectivity index (χ1n) is 3.75. The minimum atomic E-state index is 0.721. The molecular formula is C8H10N4. The van der Waals surface area contributed by atoms with Crippen LogP contribution in [0.15, 0.2) is 24.5 Å². The van der Waals surface area contributed by atoms with Crippen molar-refractivity contribution in [2.75, 3.05) is 19.0 Å². The summed E-state index contributed by atoms with van der Waals surface area (Å²) in [4.78, 5) is 6.05. The van der Waals surface area contributed by atoms with Gasteiger partial charge in [-0.1, -0.05) is 0 Å². The maximum absolute atomic E-state index is 4.27. The Labute approximate surface area is 70.4 Å². The molecule has 4 heteroatoms. The molecule has 2 rings (SSSR count). The first-order chi connectivity index (χ1) is 5.77. The second-order valence-electron chi connectivity index (χ2n) is 2.83. The molecule has 0 N–H and O–H groups in total. The molecule has 0 unspecified atom stereocenters. The Kier molecular flexibility index (Phi) is 1.46. The molecule has 0 amide bonds. The molecule has 0 saturated carbocycles. The fraction of sp³-hybridized carbons (Fsp3) is 0.250. The molecule has 0 aromatic carbocycles. The van der Waals surface area contributed by atoms with Crippen LogP contribution in [0.25, 0.3) is 5.52 Å². The molecular weight excluding hydrogens is 152 g/mol. The summed E-state index contributed by atoms with van der Waals surface area (Å²) in [5, 5.41) is 4.27. The topological polar surface area (TPSA) is 33.4 Å². The van der Waals surface area contributed by atoms with Crippen molar-refractivity contribution >= 4 is 11.5 Å². The average Bonchev–Trinajstić information content (AvgIpc) is 2.49. The summed E-state index contributed by atoms with van der Waals surface area (Å²) in [7, 11) is 3.84. The Bertz CT molecular complexity index is 391. The van der Waals surface area contributed by atoms with Gasteiger partial charge >= 0.3 is 0 Å². The average molecular weight is 162 g/mol. The molecule has 0 atom stereocenters. The van der Waals surface area contributed by atoms with E-state index in [0.717, 1.165) is 11.5 Å². The van der Waals surface area contributed by atoms with Gasteiger partial charge in [-0.3, -0.25) is 0 Å². The molecule has 0 radical (unpaired) electrons. The molecule has 0 aliphatic rings. The van der Waals surface area contributed by atoms with Gasteiger partial charge in [-0.15, -0.1) is 5.10 Å². The van der Waals surface area contributed by atoms with Gasteiger partial charge in [0.2, 0.25) is 5.95 Å². The minimum absolute atomic E-state index is 0.721. The van der Waals surface area contributed by atoms with E-state index in [1.165, 1.54) is 0 Å². The molecule has 2 heterocycles. The van der Waals surface area contributed by atoms with E-state index >= 15 is 0 Å². The molecule has 0 fully saturated rings. The smallest absolute Gasteiger partial charge is 0.243 e. The van der Waals surface area contributed by atoms with Gasteiger partial charge in [0.05, 0.1) is 11.7 Å². The SMILES string of the molecule is CN(C)c1ncc2cccn2n1. The highest BCUT2D eigenvalue weighted by molar-refractivity contribution is 5.45. The second kappa shape index (κ2) is 2.48. The Morgan fingerprint density at radius 1 is 1.42 bits per heavy atom. The number of rotatable bonds is 1. The van der Waals surface area contributed by atoms with Crippen molar-refractivity contribution in [3.8, 4) is 0 Å². The van der Waals surface area contributed by atoms with Crippen molar-refractivity contribution in [3.05, 3.63) is 24.5 Å². The first-order valence-corrected chi connectivity index (χ1v) is 3.75. The van der Waals surface area contributed by atoms with Crippen molar-refractivity contribution in [2.45, 2.75) is 0 Å². The monoisotopic (exact) mass is 162 g/mol. The highest BCUT2D eigenvalue weighted by Crippen LogP contribution is 2.04. The third-order valence-electron chi connectivity index (χ3n) is 1.67. The number of fused-ring (bicyclic) bond motifs is 1. The van der Waals surface area contributed by atoms with E-state index in [2.05, 4.69) is 10.1 Å². The summed E-state index contributed by atoms with van der Waals surface area (Å²) in [5.74, 6) is 0.721. The summed E-state index contributed by atoms with van der Waals surface area (Å²) >= 11 is 0. The molecule has 4 nitrogen and oxygen atoms in total. The number of nitrogens with zero attached hydrogens (tertiary/aromatic N) is 4. The van der Waals surface area contributed by atoms with Crippen LogP contribution in [0.3, 0.4) is 0 Å². The largest absolute Gasteiger partial charge is 0.346 e. The van der Waals surface area contributed by atoms with Crippen LogP contribution >= 0.6 is 0 Å². The number of anilines is 1. The van der Waals surface area contributed by atoms with Crippen LogP contribution in [-0.4, -0.2) is 28.7 Å². The minimum Gasteiger partial charge on any atom is -0.346 e. The maximum Gasteiger partial charge on any atom is 0.243 e. The summed E-state index contributed by atoms with van der Waals surface area (Å²) in [6.07, 6.45) is 3.71. The third kappa shape index (κ3) is 1.01. The molecule has 2 aromatic heterocycles. The Morgan fingerprint density at radius 2 is 2.25 bits per heavy atom.